The van der Waals surface area contributed by atoms with E-state index in [9.17, 15) is 0 Å². The standard InChI is InChI=1S/C12H15ClN4/c13-10-3-1-2-9(8-10)4-5-12(15)6-7-16-11(14)17-12/h1-3,6-8H,4-5,15H2,(H3,14,16,17). The molecular formula is C12H15ClN4. The van der Waals surface area contributed by atoms with E-state index in [2.05, 4.69) is 10.3 Å². The third kappa shape index (κ3) is 3.22. The second-order valence-corrected chi connectivity index (χ2v) is 4.53. The van der Waals surface area contributed by atoms with Gasteiger partial charge in [-0.05, 0) is 36.6 Å². The molecule has 90 valence electrons. The number of aryl methyl sites for hydroxylation is 1. The van der Waals surface area contributed by atoms with Crippen molar-refractivity contribution < 1.29 is 0 Å². The lowest BCUT2D eigenvalue weighted by Gasteiger charge is -2.25. The van der Waals surface area contributed by atoms with Crippen LogP contribution in [-0.2, 0) is 6.42 Å². The maximum atomic E-state index is 6.11. The summed E-state index contributed by atoms with van der Waals surface area (Å²) in [5, 5.41) is 3.52. The lowest BCUT2D eigenvalue weighted by atomic mass is 10.0. The summed E-state index contributed by atoms with van der Waals surface area (Å²) in [6, 6.07) is 7.73. The summed E-state index contributed by atoms with van der Waals surface area (Å²) in [6.45, 7) is 0. The molecule has 0 saturated heterocycles. The largest absolute Gasteiger partial charge is 0.370 e. The molecular weight excluding hydrogens is 236 g/mol. The molecule has 1 unspecified atom stereocenters. The molecule has 1 aromatic carbocycles. The van der Waals surface area contributed by atoms with Gasteiger partial charge in [0.25, 0.3) is 0 Å². The Morgan fingerprint density at radius 2 is 2.24 bits per heavy atom. The van der Waals surface area contributed by atoms with Crippen LogP contribution in [0, 0.1) is 0 Å². The highest BCUT2D eigenvalue weighted by Gasteiger charge is 2.22. The van der Waals surface area contributed by atoms with E-state index < -0.39 is 5.66 Å². The minimum atomic E-state index is -0.725. The smallest absolute Gasteiger partial charge is 0.194 e. The Balaban J connectivity index is 2.03. The summed E-state index contributed by atoms with van der Waals surface area (Å²) < 4.78 is 0. The topological polar surface area (TPSA) is 76.4 Å². The number of nitrogens with zero attached hydrogens (tertiary/aromatic N) is 1. The maximum Gasteiger partial charge on any atom is 0.194 e. The second-order valence-electron chi connectivity index (χ2n) is 4.10. The Kier molecular flexibility index (Phi) is 3.36. The number of guanidine groups is 1. The fourth-order valence-electron chi connectivity index (χ4n) is 1.74. The fourth-order valence-corrected chi connectivity index (χ4v) is 1.95. The zero-order valence-electron chi connectivity index (χ0n) is 9.36. The summed E-state index contributed by atoms with van der Waals surface area (Å²) in [5.74, 6) is 0.348. The van der Waals surface area contributed by atoms with Crippen LogP contribution in [0.15, 0.2) is 41.5 Å². The van der Waals surface area contributed by atoms with Crippen LogP contribution in [0.2, 0.25) is 5.02 Å². The van der Waals surface area contributed by atoms with Gasteiger partial charge in [-0.15, -0.1) is 0 Å². The minimum Gasteiger partial charge on any atom is -0.370 e. The van der Waals surface area contributed by atoms with Crippen molar-refractivity contribution in [2.75, 3.05) is 0 Å². The summed E-state index contributed by atoms with van der Waals surface area (Å²) in [7, 11) is 0. The Morgan fingerprint density at radius 1 is 1.41 bits per heavy atom. The number of aliphatic imine (C=N–C) groups is 1. The minimum absolute atomic E-state index is 0.348. The van der Waals surface area contributed by atoms with Crippen LogP contribution < -0.4 is 16.8 Å². The molecule has 17 heavy (non-hydrogen) atoms. The van der Waals surface area contributed by atoms with E-state index in [0.29, 0.717) is 12.4 Å². The molecule has 0 aliphatic carbocycles. The molecule has 1 aliphatic heterocycles. The van der Waals surface area contributed by atoms with Crippen LogP contribution in [0.3, 0.4) is 0 Å². The predicted octanol–water partition coefficient (Wildman–Crippen LogP) is 1.36. The number of hydrogen-bond acceptors (Lipinski definition) is 4. The number of halogens is 1. The molecule has 0 spiro atoms. The van der Waals surface area contributed by atoms with Crippen LogP contribution in [0.25, 0.3) is 0 Å². The van der Waals surface area contributed by atoms with Gasteiger partial charge < -0.3 is 16.8 Å². The molecule has 0 saturated carbocycles. The van der Waals surface area contributed by atoms with Gasteiger partial charge in [-0.25, -0.2) is 4.99 Å². The molecule has 1 aromatic rings. The molecule has 0 amide bonds. The SMILES string of the molecule is NC1=NC(N)(CCc2cccc(Cl)c2)C=CN1. The monoisotopic (exact) mass is 250 g/mol. The molecule has 0 aromatic heterocycles. The van der Waals surface area contributed by atoms with Crippen molar-refractivity contribution in [2.24, 2.45) is 16.5 Å². The molecule has 5 N–H and O–H groups in total. The highest BCUT2D eigenvalue weighted by Crippen LogP contribution is 2.18. The highest BCUT2D eigenvalue weighted by atomic mass is 35.5. The van der Waals surface area contributed by atoms with E-state index in [4.69, 9.17) is 23.1 Å². The molecule has 4 nitrogen and oxygen atoms in total. The Bertz CT molecular complexity index is 469. The average molecular weight is 251 g/mol. The fraction of sp³-hybridized carbons (Fsp3) is 0.250. The quantitative estimate of drug-likeness (QED) is 0.758. The van der Waals surface area contributed by atoms with E-state index in [0.717, 1.165) is 17.0 Å². The van der Waals surface area contributed by atoms with E-state index in [1.807, 2.05) is 30.3 Å². The van der Waals surface area contributed by atoms with Gasteiger partial charge in [0.15, 0.2) is 5.96 Å². The van der Waals surface area contributed by atoms with E-state index >= 15 is 0 Å². The predicted molar refractivity (Wildman–Crippen MR) is 70.6 cm³/mol. The van der Waals surface area contributed by atoms with E-state index in [-0.39, 0.29) is 0 Å². The molecule has 0 fully saturated rings. The van der Waals surface area contributed by atoms with Gasteiger partial charge in [-0.1, -0.05) is 23.7 Å². The first kappa shape index (κ1) is 12.0. The second kappa shape index (κ2) is 4.77. The first-order valence-electron chi connectivity index (χ1n) is 5.40. The number of nitrogens with one attached hydrogen (secondary N) is 1. The van der Waals surface area contributed by atoms with E-state index in [1.54, 1.807) is 6.20 Å². The number of nitrogens with two attached hydrogens (primary N) is 2. The zero-order chi connectivity index (χ0) is 12.3. The van der Waals surface area contributed by atoms with Crippen LogP contribution in [-0.4, -0.2) is 11.6 Å². The Morgan fingerprint density at radius 3 is 2.94 bits per heavy atom. The van der Waals surface area contributed by atoms with Gasteiger partial charge in [-0.2, -0.15) is 0 Å². The van der Waals surface area contributed by atoms with Crippen molar-refractivity contribution in [1.82, 2.24) is 5.32 Å². The molecule has 2 rings (SSSR count). The van der Waals surface area contributed by atoms with Crippen LogP contribution >= 0.6 is 11.6 Å². The van der Waals surface area contributed by atoms with Crippen LogP contribution in [0.4, 0.5) is 0 Å². The Hall–Kier alpha value is -1.52. The first-order chi connectivity index (χ1) is 8.07. The van der Waals surface area contributed by atoms with Gasteiger partial charge in [0.1, 0.15) is 5.66 Å². The van der Waals surface area contributed by atoms with Gasteiger partial charge in [0.2, 0.25) is 0 Å². The number of hydrogen-bond donors (Lipinski definition) is 3. The van der Waals surface area contributed by atoms with Gasteiger partial charge in [0.05, 0.1) is 0 Å². The van der Waals surface area contributed by atoms with Crippen molar-refractivity contribution in [3.05, 3.63) is 47.1 Å². The lowest BCUT2D eigenvalue weighted by Crippen LogP contribution is -2.44. The summed E-state index contributed by atoms with van der Waals surface area (Å²) >= 11 is 5.92. The normalized spacial score (nSPS) is 23.1. The van der Waals surface area contributed by atoms with Crippen molar-refractivity contribution in [3.63, 3.8) is 0 Å². The van der Waals surface area contributed by atoms with Crippen LogP contribution in [0.1, 0.15) is 12.0 Å². The third-order valence-corrected chi connectivity index (χ3v) is 2.87. The lowest BCUT2D eigenvalue weighted by molar-refractivity contribution is 0.500. The highest BCUT2D eigenvalue weighted by molar-refractivity contribution is 6.30. The zero-order valence-corrected chi connectivity index (χ0v) is 10.1. The maximum absolute atomic E-state index is 6.11. The summed E-state index contributed by atoms with van der Waals surface area (Å²) in [4.78, 5) is 4.19. The van der Waals surface area contributed by atoms with Crippen molar-refractivity contribution in [1.29, 1.82) is 0 Å². The van der Waals surface area contributed by atoms with Crippen LogP contribution in [0.5, 0.6) is 0 Å². The molecule has 0 radical (unpaired) electrons. The number of benzene rings is 1. The first-order valence-corrected chi connectivity index (χ1v) is 5.78. The van der Waals surface area contributed by atoms with Crippen molar-refractivity contribution in [3.8, 4) is 0 Å². The molecule has 5 heteroatoms. The molecule has 1 heterocycles. The summed E-state index contributed by atoms with van der Waals surface area (Å²) in [5.41, 5.74) is 12.1. The molecule has 1 atom stereocenters. The van der Waals surface area contributed by atoms with Crippen molar-refractivity contribution >= 4 is 17.6 Å². The van der Waals surface area contributed by atoms with Gasteiger partial charge >= 0.3 is 0 Å². The van der Waals surface area contributed by atoms with Gasteiger partial charge in [0, 0.05) is 11.2 Å². The Labute approximate surface area is 105 Å². The third-order valence-electron chi connectivity index (χ3n) is 2.63. The van der Waals surface area contributed by atoms with E-state index in [1.165, 1.54) is 0 Å². The molecule has 1 aliphatic rings. The summed E-state index contributed by atoms with van der Waals surface area (Å²) in [6.07, 6.45) is 5.03. The molecule has 0 bridgehead atoms. The van der Waals surface area contributed by atoms with Crippen molar-refractivity contribution in [2.45, 2.75) is 18.5 Å². The average Bonchev–Trinajstić information content (AvgIpc) is 2.26. The number of rotatable bonds is 3. The van der Waals surface area contributed by atoms with Gasteiger partial charge in [-0.3, -0.25) is 0 Å².